The Morgan fingerprint density at radius 1 is 0.966 bits per heavy atom. The van der Waals surface area contributed by atoms with Crippen molar-refractivity contribution in [3.05, 3.63) is 59.2 Å². The quantitative estimate of drug-likeness (QED) is 0.393. The number of carbonyl (C=O) groups excluding carboxylic acids is 1. The Morgan fingerprint density at radius 3 is 2.28 bits per heavy atom. The van der Waals surface area contributed by atoms with E-state index in [2.05, 4.69) is 6.92 Å². The maximum Gasteiger partial charge on any atom is 0.346 e. The van der Waals surface area contributed by atoms with Gasteiger partial charge in [0.05, 0.1) is 12.2 Å². The number of halogens is 2. The van der Waals surface area contributed by atoms with Crippen molar-refractivity contribution in [2.45, 2.75) is 52.4 Å². The molecule has 2 aromatic carbocycles. The highest BCUT2D eigenvalue weighted by atomic mass is 19.1. The molecule has 0 amide bonds. The summed E-state index contributed by atoms with van der Waals surface area (Å²) < 4.78 is 38.8. The first kappa shape index (κ1) is 21.3. The molecule has 1 aliphatic rings. The van der Waals surface area contributed by atoms with Crippen LogP contribution >= 0.6 is 0 Å². The van der Waals surface area contributed by atoms with E-state index in [1.54, 1.807) is 13.0 Å². The molecule has 0 atom stereocenters. The van der Waals surface area contributed by atoms with Crippen molar-refractivity contribution >= 4 is 5.97 Å². The van der Waals surface area contributed by atoms with Gasteiger partial charge in [-0.15, -0.1) is 0 Å². The Hall–Kier alpha value is -2.43. The van der Waals surface area contributed by atoms with Gasteiger partial charge in [-0.05, 0) is 55.4 Å². The fourth-order valence-corrected chi connectivity index (χ4v) is 3.86. The highest BCUT2D eigenvalue weighted by molar-refractivity contribution is 5.91. The molecule has 0 radical (unpaired) electrons. The molecule has 1 aliphatic carbocycles. The summed E-state index contributed by atoms with van der Waals surface area (Å²) in [5.41, 5.74) is 0.231. The first-order valence-electron chi connectivity index (χ1n) is 10.4. The second-order valence-corrected chi connectivity index (χ2v) is 7.93. The maximum atomic E-state index is 14.4. The van der Waals surface area contributed by atoms with Gasteiger partial charge in [0.25, 0.3) is 0 Å². The molecule has 0 bridgehead atoms. The lowest BCUT2D eigenvalue weighted by Crippen LogP contribution is -2.20. The number of esters is 1. The van der Waals surface area contributed by atoms with E-state index in [0.717, 1.165) is 24.8 Å². The Bertz CT molecular complexity index is 842. The summed E-state index contributed by atoms with van der Waals surface area (Å²) in [4.78, 5) is 12.2. The first-order chi connectivity index (χ1) is 14.0. The number of benzene rings is 2. The Labute approximate surface area is 171 Å². The van der Waals surface area contributed by atoms with Gasteiger partial charge in [-0.1, -0.05) is 38.7 Å². The minimum Gasteiger partial charge on any atom is -0.493 e. The van der Waals surface area contributed by atoms with Crippen molar-refractivity contribution in [2.24, 2.45) is 11.8 Å². The van der Waals surface area contributed by atoms with Gasteiger partial charge in [0.2, 0.25) is 0 Å². The van der Waals surface area contributed by atoms with Gasteiger partial charge < -0.3 is 9.47 Å². The van der Waals surface area contributed by atoms with Crippen LogP contribution in [0.2, 0.25) is 0 Å². The largest absolute Gasteiger partial charge is 0.493 e. The molecule has 1 saturated carbocycles. The molecule has 0 spiro atoms. The van der Waals surface area contributed by atoms with Crippen LogP contribution in [0, 0.1) is 30.4 Å². The second-order valence-electron chi connectivity index (χ2n) is 7.93. The first-order valence-corrected chi connectivity index (χ1v) is 10.4. The molecule has 0 aliphatic heterocycles. The average Bonchev–Trinajstić information content (AvgIpc) is 2.70. The van der Waals surface area contributed by atoms with Gasteiger partial charge in [0.1, 0.15) is 23.1 Å². The predicted octanol–water partition coefficient (Wildman–Crippen LogP) is 6.48. The van der Waals surface area contributed by atoms with Gasteiger partial charge in [0.15, 0.2) is 0 Å². The van der Waals surface area contributed by atoms with E-state index in [0.29, 0.717) is 23.8 Å². The van der Waals surface area contributed by atoms with Crippen LogP contribution in [0.25, 0.3) is 0 Å². The molecule has 3 nitrogen and oxygen atoms in total. The van der Waals surface area contributed by atoms with Crippen LogP contribution in [0.5, 0.6) is 11.5 Å². The van der Waals surface area contributed by atoms with Crippen LogP contribution in [0.3, 0.4) is 0 Å². The smallest absolute Gasteiger partial charge is 0.346 e. The SMILES string of the molecule is CCCC1CCC(COc2ccc(C(=O)Oc3ccc(C)c(F)c3)c(F)c2)CC1. The van der Waals surface area contributed by atoms with Gasteiger partial charge in [-0.2, -0.15) is 0 Å². The monoisotopic (exact) mass is 402 g/mol. The van der Waals surface area contributed by atoms with Gasteiger partial charge in [-0.3, -0.25) is 0 Å². The van der Waals surface area contributed by atoms with E-state index in [1.165, 1.54) is 49.9 Å². The predicted molar refractivity (Wildman–Crippen MR) is 108 cm³/mol. The third kappa shape index (κ3) is 5.78. The third-order valence-corrected chi connectivity index (χ3v) is 5.66. The average molecular weight is 402 g/mol. The summed E-state index contributed by atoms with van der Waals surface area (Å²) in [5.74, 6) is -0.303. The Kier molecular flexibility index (Phi) is 7.24. The maximum absolute atomic E-state index is 14.4. The Morgan fingerprint density at radius 2 is 1.62 bits per heavy atom. The van der Waals surface area contributed by atoms with Crippen molar-refractivity contribution in [1.29, 1.82) is 0 Å². The number of hydrogen-bond donors (Lipinski definition) is 0. The van der Waals surface area contributed by atoms with Crippen molar-refractivity contribution in [1.82, 2.24) is 0 Å². The second kappa shape index (κ2) is 9.86. The topological polar surface area (TPSA) is 35.5 Å². The van der Waals surface area contributed by atoms with Gasteiger partial charge in [0, 0.05) is 12.1 Å². The van der Waals surface area contributed by atoms with E-state index in [1.807, 2.05) is 0 Å². The molecule has 5 heteroatoms. The lowest BCUT2D eigenvalue weighted by atomic mass is 9.80. The molecular formula is C24H28F2O3. The summed E-state index contributed by atoms with van der Waals surface area (Å²) in [5, 5.41) is 0. The normalized spacial score (nSPS) is 19.0. The molecule has 0 heterocycles. The molecule has 3 rings (SSSR count). The minimum absolute atomic E-state index is 0.0384. The van der Waals surface area contributed by atoms with E-state index in [4.69, 9.17) is 9.47 Å². The summed E-state index contributed by atoms with van der Waals surface area (Å²) in [7, 11) is 0. The van der Waals surface area contributed by atoms with E-state index < -0.39 is 17.6 Å². The molecule has 0 N–H and O–H groups in total. The van der Waals surface area contributed by atoms with Gasteiger partial charge >= 0.3 is 5.97 Å². The van der Waals surface area contributed by atoms with Gasteiger partial charge in [-0.25, -0.2) is 13.6 Å². The summed E-state index contributed by atoms with van der Waals surface area (Å²) in [6.45, 7) is 4.39. The van der Waals surface area contributed by atoms with E-state index in [-0.39, 0.29) is 11.3 Å². The summed E-state index contributed by atoms with van der Waals surface area (Å²) >= 11 is 0. The molecule has 0 aromatic heterocycles. The molecule has 156 valence electrons. The van der Waals surface area contributed by atoms with Crippen molar-refractivity contribution in [3.63, 3.8) is 0 Å². The number of hydrogen-bond acceptors (Lipinski definition) is 3. The van der Waals surface area contributed by atoms with Crippen LogP contribution < -0.4 is 9.47 Å². The standard InChI is InChI=1S/C24H28F2O3/c1-3-4-17-6-8-18(9-7-17)15-28-19-11-12-21(23(26)13-19)24(27)29-20-10-5-16(2)22(25)14-20/h5,10-14,17-18H,3-4,6-9,15H2,1-2H3. The minimum atomic E-state index is -0.869. The molecule has 0 unspecified atom stereocenters. The van der Waals surface area contributed by atoms with Crippen LogP contribution in [-0.2, 0) is 0 Å². The highest BCUT2D eigenvalue weighted by Gasteiger charge is 2.21. The zero-order chi connectivity index (χ0) is 20.8. The number of rotatable bonds is 7. The molecular weight excluding hydrogens is 374 g/mol. The van der Waals surface area contributed by atoms with Crippen LogP contribution in [-0.4, -0.2) is 12.6 Å². The summed E-state index contributed by atoms with van der Waals surface area (Å²) in [6, 6.07) is 8.20. The number of aryl methyl sites for hydroxylation is 1. The van der Waals surface area contributed by atoms with Crippen molar-refractivity contribution < 1.29 is 23.0 Å². The lowest BCUT2D eigenvalue weighted by Gasteiger charge is -2.28. The molecule has 2 aromatic rings. The summed E-state index contributed by atoms with van der Waals surface area (Å²) in [6.07, 6.45) is 7.29. The third-order valence-electron chi connectivity index (χ3n) is 5.66. The van der Waals surface area contributed by atoms with Crippen LogP contribution in [0.1, 0.15) is 61.4 Å². The molecule has 29 heavy (non-hydrogen) atoms. The highest BCUT2D eigenvalue weighted by Crippen LogP contribution is 2.32. The fourth-order valence-electron chi connectivity index (χ4n) is 3.86. The van der Waals surface area contributed by atoms with Crippen molar-refractivity contribution in [2.75, 3.05) is 6.61 Å². The van der Waals surface area contributed by atoms with E-state index >= 15 is 0 Å². The Balaban J connectivity index is 1.54. The number of carbonyl (C=O) groups is 1. The molecule has 0 saturated heterocycles. The van der Waals surface area contributed by atoms with E-state index in [9.17, 15) is 13.6 Å². The zero-order valence-electron chi connectivity index (χ0n) is 17.0. The molecule has 1 fully saturated rings. The fraction of sp³-hybridized carbons (Fsp3) is 0.458. The number of ether oxygens (including phenoxy) is 2. The zero-order valence-corrected chi connectivity index (χ0v) is 17.0. The van der Waals surface area contributed by atoms with Crippen LogP contribution in [0.4, 0.5) is 8.78 Å². The lowest BCUT2D eigenvalue weighted by molar-refractivity contribution is 0.0729. The van der Waals surface area contributed by atoms with Crippen LogP contribution in [0.15, 0.2) is 36.4 Å². The van der Waals surface area contributed by atoms with Crippen molar-refractivity contribution in [3.8, 4) is 11.5 Å².